The lowest BCUT2D eigenvalue weighted by Crippen LogP contribution is -2.02. The van der Waals surface area contributed by atoms with Gasteiger partial charge < -0.3 is 10.2 Å². The number of aromatic nitrogens is 1. The Bertz CT molecular complexity index is 586. The molecule has 1 heterocycles. The van der Waals surface area contributed by atoms with Gasteiger partial charge in [0.15, 0.2) is 0 Å². The van der Waals surface area contributed by atoms with Gasteiger partial charge in [-0.2, -0.15) is 0 Å². The minimum atomic E-state index is -1.13. The third-order valence-corrected chi connectivity index (χ3v) is 2.51. The van der Waals surface area contributed by atoms with Crippen LogP contribution in [0.15, 0.2) is 48.2 Å². The zero-order valence-electron chi connectivity index (χ0n) is 12.3. The first-order chi connectivity index (χ1) is 9.83. The highest BCUT2D eigenvalue weighted by Gasteiger charge is 2.05. The molecule has 0 aliphatic rings. The highest BCUT2D eigenvalue weighted by molar-refractivity contribution is 5.94. The molecule has 5 heteroatoms. The molecule has 0 aliphatic heterocycles. The fraction of sp³-hybridized carbons (Fsp3) is 0.188. The molecule has 0 fully saturated rings. The SMILES string of the molecule is C=Cc1ncccc1C.CC=C(C=C(C)C(=O)O)C(=O)O. The van der Waals surface area contributed by atoms with Gasteiger partial charge in [-0.3, -0.25) is 4.98 Å². The Kier molecular flexibility index (Phi) is 8.07. The van der Waals surface area contributed by atoms with Crippen molar-refractivity contribution in [2.75, 3.05) is 0 Å². The van der Waals surface area contributed by atoms with Gasteiger partial charge in [-0.1, -0.05) is 18.7 Å². The molecular weight excluding hydrogens is 270 g/mol. The van der Waals surface area contributed by atoms with Crippen LogP contribution in [0, 0.1) is 6.92 Å². The average molecular weight is 289 g/mol. The molecular formula is C16H19NO4. The molecule has 0 amide bonds. The first kappa shape index (κ1) is 18.3. The molecule has 0 spiro atoms. The van der Waals surface area contributed by atoms with E-state index in [0.717, 1.165) is 11.8 Å². The Labute approximate surface area is 124 Å². The second-order valence-electron chi connectivity index (χ2n) is 4.09. The van der Waals surface area contributed by atoms with E-state index >= 15 is 0 Å². The summed E-state index contributed by atoms with van der Waals surface area (Å²) in [5, 5.41) is 16.9. The summed E-state index contributed by atoms with van der Waals surface area (Å²) in [6.45, 7) is 8.53. The summed E-state index contributed by atoms with van der Waals surface area (Å²) >= 11 is 0. The number of carboxylic acids is 2. The summed E-state index contributed by atoms with van der Waals surface area (Å²) in [4.78, 5) is 24.7. The lowest BCUT2D eigenvalue weighted by molar-refractivity contribution is -0.132. The zero-order chi connectivity index (χ0) is 16.4. The van der Waals surface area contributed by atoms with Crippen molar-refractivity contribution in [1.82, 2.24) is 4.98 Å². The van der Waals surface area contributed by atoms with Crippen molar-refractivity contribution in [3.63, 3.8) is 0 Å². The van der Waals surface area contributed by atoms with Crippen LogP contribution in [0.2, 0.25) is 0 Å². The van der Waals surface area contributed by atoms with Gasteiger partial charge in [0.25, 0.3) is 0 Å². The number of aryl methyl sites for hydroxylation is 1. The lowest BCUT2D eigenvalue weighted by Gasteiger charge is -1.94. The maximum absolute atomic E-state index is 10.4. The number of carbonyl (C=O) groups is 2. The molecule has 112 valence electrons. The third-order valence-electron chi connectivity index (χ3n) is 2.51. The average Bonchev–Trinajstić information content (AvgIpc) is 2.45. The van der Waals surface area contributed by atoms with Crippen LogP contribution < -0.4 is 0 Å². The highest BCUT2D eigenvalue weighted by atomic mass is 16.4. The van der Waals surface area contributed by atoms with Gasteiger partial charge in [0.1, 0.15) is 0 Å². The molecule has 5 nitrogen and oxygen atoms in total. The summed E-state index contributed by atoms with van der Waals surface area (Å²) in [6.07, 6.45) is 5.98. The van der Waals surface area contributed by atoms with E-state index in [1.807, 2.05) is 19.1 Å². The molecule has 2 N–H and O–H groups in total. The fourth-order valence-electron chi connectivity index (χ4n) is 1.28. The van der Waals surface area contributed by atoms with Crippen molar-refractivity contribution in [1.29, 1.82) is 0 Å². The quantitative estimate of drug-likeness (QED) is 0.657. The van der Waals surface area contributed by atoms with Crippen molar-refractivity contribution in [2.45, 2.75) is 20.8 Å². The number of carboxylic acid groups (broad SMARTS) is 2. The first-order valence-corrected chi connectivity index (χ1v) is 6.18. The molecule has 0 atom stereocenters. The van der Waals surface area contributed by atoms with Crippen LogP contribution in [0.25, 0.3) is 6.08 Å². The topological polar surface area (TPSA) is 87.5 Å². The van der Waals surface area contributed by atoms with Gasteiger partial charge in [0.2, 0.25) is 0 Å². The van der Waals surface area contributed by atoms with E-state index in [-0.39, 0.29) is 11.1 Å². The summed E-state index contributed by atoms with van der Waals surface area (Å²) < 4.78 is 0. The van der Waals surface area contributed by atoms with Gasteiger partial charge in [-0.15, -0.1) is 0 Å². The van der Waals surface area contributed by atoms with Crippen LogP contribution in [0.5, 0.6) is 0 Å². The Hall–Kier alpha value is -2.69. The molecule has 1 rings (SSSR count). The number of aliphatic carboxylic acids is 2. The van der Waals surface area contributed by atoms with Crippen LogP contribution in [-0.2, 0) is 9.59 Å². The first-order valence-electron chi connectivity index (χ1n) is 6.18. The van der Waals surface area contributed by atoms with Crippen LogP contribution in [0.1, 0.15) is 25.1 Å². The summed E-state index contributed by atoms with van der Waals surface area (Å²) in [7, 11) is 0. The number of rotatable bonds is 4. The van der Waals surface area contributed by atoms with Crippen LogP contribution in [-0.4, -0.2) is 27.1 Å². The minimum Gasteiger partial charge on any atom is -0.478 e. The van der Waals surface area contributed by atoms with Gasteiger partial charge in [0.05, 0.1) is 11.3 Å². The van der Waals surface area contributed by atoms with E-state index in [1.165, 1.54) is 25.5 Å². The van der Waals surface area contributed by atoms with E-state index in [4.69, 9.17) is 10.2 Å². The third kappa shape index (κ3) is 6.87. The van der Waals surface area contributed by atoms with Crippen molar-refractivity contribution in [2.24, 2.45) is 0 Å². The molecule has 0 radical (unpaired) electrons. The largest absolute Gasteiger partial charge is 0.478 e. The van der Waals surface area contributed by atoms with E-state index in [2.05, 4.69) is 11.6 Å². The number of allylic oxidation sites excluding steroid dienone is 1. The molecule has 0 saturated carbocycles. The number of nitrogens with zero attached hydrogens (tertiary/aromatic N) is 1. The maximum atomic E-state index is 10.4. The van der Waals surface area contributed by atoms with E-state index in [0.29, 0.717) is 0 Å². The van der Waals surface area contributed by atoms with Crippen molar-refractivity contribution in [3.8, 4) is 0 Å². The molecule has 0 saturated heterocycles. The Morgan fingerprint density at radius 2 is 1.90 bits per heavy atom. The number of hydrogen-bond acceptors (Lipinski definition) is 3. The van der Waals surface area contributed by atoms with Crippen LogP contribution >= 0.6 is 0 Å². The fourth-order valence-corrected chi connectivity index (χ4v) is 1.28. The second-order valence-corrected chi connectivity index (χ2v) is 4.09. The summed E-state index contributed by atoms with van der Waals surface area (Å²) in [5.74, 6) is -2.24. The predicted molar refractivity (Wildman–Crippen MR) is 81.9 cm³/mol. The standard InChI is InChI=1S/C8H9N.C8H10O4/c1-3-8-7(2)5-4-6-9-8;1-3-6(8(11)12)4-5(2)7(9)10/h3-6H,1H2,2H3;3-4H,1-2H3,(H,9,10)(H,11,12). The Morgan fingerprint density at radius 1 is 1.29 bits per heavy atom. The molecule has 0 aliphatic carbocycles. The zero-order valence-corrected chi connectivity index (χ0v) is 12.3. The van der Waals surface area contributed by atoms with Crippen LogP contribution in [0.3, 0.4) is 0 Å². The predicted octanol–water partition coefficient (Wildman–Crippen LogP) is 3.08. The summed E-state index contributed by atoms with van der Waals surface area (Å²) in [5.41, 5.74) is 2.13. The molecule has 21 heavy (non-hydrogen) atoms. The Balaban J connectivity index is 0.000000394. The van der Waals surface area contributed by atoms with E-state index in [1.54, 1.807) is 12.3 Å². The van der Waals surface area contributed by atoms with Gasteiger partial charge in [-0.05, 0) is 44.6 Å². The smallest absolute Gasteiger partial charge is 0.335 e. The molecule has 0 unspecified atom stereocenters. The second kappa shape index (κ2) is 9.25. The summed E-state index contributed by atoms with van der Waals surface area (Å²) in [6, 6.07) is 3.94. The van der Waals surface area contributed by atoms with E-state index in [9.17, 15) is 9.59 Å². The Morgan fingerprint density at radius 3 is 2.24 bits per heavy atom. The number of hydrogen-bond donors (Lipinski definition) is 2. The van der Waals surface area contributed by atoms with Gasteiger partial charge in [-0.25, -0.2) is 9.59 Å². The normalized spacial score (nSPS) is 11.2. The van der Waals surface area contributed by atoms with Crippen molar-refractivity contribution >= 4 is 18.0 Å². The van der Waals surface area contributed by atoms with Crippen molar-refractivity contribution < 1.29 is 19.8 Å². The highest BCUT2D eigenvalue weighted by Crippen LogP contribution is 2.03. The van der Waals surface area contributed by atoms with E-state index < -0.39 is 11.9 Å². The molecule has 1 aromatic rings. The molecule has 0 bridgehead atoms. The van der Waals surface area contributed by atoms with Crippen molar-refractivity contribution in [3.05, 3.63) is 59.5 Å². The molecule has 1 aromatic heterocycles. The maximum Gasteiger partial charge on any atom is 0.335 e. The monoisotopic (exact) mass is 289 g/mol. The minimum absolute atomic E-state index is 0.00509. The van der Waals surface area contributed by atoms with Gasteiger partial charge >= 0.3 is 11.9 Å². The van der Waals surface area contributed by atoms with Crippen LogP contribution in [0.4, 0.5) is 0 Å². The lowest BCUT2D eigenvalue weighted by atomic mass is 10.1. The number of pyridine rings is 1. The van der Waals surface area contributed by atoms with Gasteiger partial charge in [0, 0.05) is 11.8 Å². The molecule has 0 aromatic carbocycles.